The van der Waals surface area contributed by atoms with Crippen LogP contribution < -0.4 is 5.73 Å². The van der Waals surface area contributed by atoms with E-state index in [1.165, 1.54) is 0 Å². The summed E-state index contributed by atoms with van der Waals surface area (Å²) in [5, 5.41) is 0. The van der Waals surface area contributed by atoms with Crippen molar-refractivity contribution in [3.63, 3.8) is 0 Å². The highest BCUT2D eigenvalue weighted by Gasteiger charge is 2.29. The zero-order chi connectivity index (χ0) is 13.1. The van der Waals surface area contributed by atoms with Gasteiger partial charge in [-0.1, -0.05) is 12.2 Å². The van der Waals surface area contributed by atoms with Crippen LogP contribution in [0.4, 0.5) is 0 Å². The van der Waals surface area contributed by atoms with Gasteiger partial charge in [-0.25, -0.2) is 0 Å². The molecule has 98 valence electrons. The second-order valence-electron chi connectivity index (χ2n) is 4.36. The van der Waals surface area contributed by atoms with Gasteiger partial charge in [0.15, 0.2) is 0 Å². The molecule has 0 aromatic carbocycles. The summed E-state index contributed by atoms with van der Waals surface area (Å²) in [7, 11) is 0. The molecule has 0 aliphatic carbocycles. The first-order valence-corrected chi connectivity index (χ1v) is 6.32. The lowest BCUT2D eigenvalue weighted by Gasteiger charge is -2.37. The Morgan fingerprint density at radius 2 is 2.11 bits per heavy atom. The number of amides is 1. The van der Waals surface area contributed by atoms with Gasteiger partial charge < -0.3 is 15.1 Å². The zero-order valence-corrected chi connectivity index (χ0v) is 11.2. The number of piperazine rings is 1. The lowest BCUT2D eigenvalue weighted by molar-refractivity contribution is -0.130. The number of rotatable bonds is 3. The van der Waals surface area contributed by atoms with Crippen molar-refractivity contribution in [2.45, 2.75) is 13.0 Å². The number of nitrogens with zero attached hydrogens (tertiary/aromatic N) is 2. The van der Waals surface area contributed by atoms with Crippen LogP contribution in [-0.4, -0.2) is 46.9 Å². The molecule has 1 atom stereocenters. The first-order valence-electron chi connectivity index (χ1n) is 5.92. The van der Waals surface area contributed by atoms with E-state index in [0.717, 1.165) is 18.8 Å². The van der Waals surface area contributed by atoms with Crippen LogP contribution in [0.25, 0.3) is 0 Å². The van der Waals surface area contributed by atoms with E-state index in [1.807, 2.05) is 17.0 Å². The summed E-state index contributed by atoms with van der Waals surface area (Å²) < 4.78 is 5.39. The SMILES string of the molecule is CC(=O)N1CCN(C(C(N)=S)c2ccco2)CC1. The van der Waals surface area contributed by atoms with Crippen molar-refractivity contribution >= 4 is 23.1 Å². The van der Waals surface area contributed by atoms with Gasteiger partial charge in [-0.15, -0.1) is 0 Å². The molecule has 0 radical (unpaired) electrons. The van der Waals surface area contributed by atoms with E-state index in [4.69, 9.17) is 22.4 Å². The summed E-state index contributed by atoms with van der Waals surface area (Å²) in [4.78, 5) is 15.7. The Balaban J connectivity index is 2.06. The van der Waals surface area contributed by atoms with Crippen molar-refractivity contribution in [1.82, 2.24) is 9.80 Å². The second kappa shape index (κ2) is 5.49. The molecule has 1 fully saturated rings. The van der Waals surface area contributed by atoms with Crippen molar-refractivity contribution in [3.8, 4) is 0 Å². The molecular formula is C12H17N3O2S. The number of carbonyl (C=O) groups is 1. The first kappa shape index (κ1) is 13.0. The summed E-state index contributed by atoms with van der Waals surface area (Å²) in [5.41, 5.74) is 5.80. The molecule has 1 aliphatic heterocycles. The van der Waals surface area contributed by atoms with E-state index in [1.54, 1.807) is 13.2 Å². The summed E-state index contributed by atoms with van der Waals surface area (Å²) in [6, 6.07) is 3.53. The molecule has 1 aromatic heterocycles. The largest absolute Gasteiger partial charge is 0.467 e. The van der Waals surface area contributed by atoms with Gasteiger partial charge in [0.05, 0.1) is 11.3 Å². The smallest absolute Gasteiger partial charge is 0.219 e. The molecule has 1 unspecified atom stereocenters. The maximum absolute atomic E-state index is 11.3. The topological polar surface area (TPSA) is 62.7 Å². The lowest BCUT2D eigenvalue weighted by atomic mass is 10.1. The molecule has 1 amide bonds. The molecule has 0 saturated carbocycles. The van der Waals surface area contributed by atoms with E-state index >= 15 is 0 Å². The molecule has 1 saturated heterocycles. The average Bonchev–Trinajstić information content (AvgIpc) is 2.83. The van der Waals surface area contributed by atoms with Crippen LogP contribution in [0, 0.1) is 0 Å². The number of furan rings is 1. The summed E-state index contributed by atoms with van der Waals surface area (Å²) >= 11 is 5.12. The normalized spacial score (nSPS) is 18.6. The third-order valence-electron chi connectivity index (χ3n) is 3.21. The fraction of sp³-hybridized carbons (Fsp3) is 0.500. The Morgan fingerprint density at radius 1 is 1.44 bits per heavy atom. The summed E-state index contributed by atoms with van der Waals surface area (Å²) in [5.74, 6) is 0.873. The van der Waals surface area contributed by atoms with Gasteiger partial charge in [-0.3, -0.25) is 9.69 Å². The van der Waals surface area contributed by atoms with Crippen LogP contribution in [0.3, 0.4) is 0 Å². The minimum atomic E-state index is -0.177. The Kier molecular flexibility index (Phi) is 3.98. The second-order valence-corrected chi connectivity index (χ2v) is 4.83. The molecule has 5 nitrogen and oxygen atoms in total. The minimum Gasteiger partial charge on any atom is -0.467 e. The highest BCUT2D eigenvalue weighted by atomic mass is 32.1. The maximum atomic E-state index is 11.3. The van der Waals surface area contributed by atoms with Crippen LogP contribution in [-0.2, 0) is 4.79 Å². The van der Waals surface area contributed by atoms with Crippen molar-refractivity contribution in [2.24, 2.45) is 5.73 Å². The lowest BCUT2D eigenvalue weighted by Crippen LogP contribution is -2.51. The molecular weight excluding hydrogens is 250 g/mol. The molecule has 0 bridgehead atoms. The van der Waals surface area contributed by atoms with Crippen LogP contribution in [0.1, 0.15) is 18.7 Å². The predicted octanol–water partition coefficient (Wildman–Crippen LogP) is 0.771. The van der Waals surface area contributed by atoms with Gasteiger partial charge in [-0.05, 0) is 12.1 Å². The molecule has 6 heteroatoms. The van der Waals surface area contributed by atoms with Gasteiger partial charge in [0.1, 0.15) is 11.8 Å². The van der Waals surface area contributed by atoms with Gasteiger partial charge >= 0.3 is 0 Å². The summed E-state index contributed by atoms with van der Waals surface area (Å²) in [6.45, 7) is 4.50. The standard InChI is InChI=1S/C12H17N3O2S/c1-9(16)14-4-6-15(7-5-14)11(12(13)18)10-3-2-8-17-10/h2-3,8,11H,4-7H2,1H3,(H2,13,18). The fourth-order valence-electron chi connectivity index (χ4n) is 2.24. The van der Waals surface area contributed by atoms with E-state index < -0.39 is 0 Å². The van der Waals surface area contributed by atoms with Crippen LogP contribution >= 0.6 is 12.2 Å². The van der Waals surface area contributed by atoms with Gasteiger partial charge in [0.2, 0.25) is 5.91 Å². The molecule has 2 heterocycles. The molecule has 2 N–H and O–H groups in total. The molecule has 0 spiro atoms. The fourth-order valence-corrected chi connectivity index (χ4v) is 2.51. The van der Waals surface area contributed by atoms with E-state index in [9.17, 15) is 4.79 Å². The number of thiocarbonyl (C=S) groups is 1. The Labute approximate surface area is 112 Å². The monoisotopic (exact) mass is 267 g/mol. The number of hydrogen-bond acceptors (Lipinski definition) is 4. The van der Waals surface area contributed by atoms with Crippen LogP contribution in [0.15, 0.2) is 22.8 Å². The third-order valence-corrected chi connectivity index (χ3v) is 3.43. The quantitative estimate of drug-likeness (QED) is 0.820. The molecule has 1 aromatic rings. The third kappa shape index (κ3) is 2.70. The molecule has 2 rings (SSSR count). The Morgan fingerprint density at radius 3 is 2.56 bits per heavy atom. The number of carbonyl (C=O) groups excluding carboxylic acids is 1. The van der Waals surface area contributed by atoms with Gasteiger partial charge in [0, 0.05) is 33.1 Å². The van der Waals surface area contributed by atoms with Crippen molar-refractivity contribution in [1.29, 1.82) is 0 Å². The van der Waals surface area contributed by atoms with Crippen LogP contribution in [0.2, 0.25) is 0 Å². The number of hydrogen-bond donors (Lipinski definition) is 1. The van der Waals surface area contributed by atoms with Gasteiger partial charge in [-0.2, -0.15) is 0 Å². The first-order chi connectivity index (χ1) is 8.59. The summed E-state index contributed by atoms with van der Waals surface area (Å²) in [6.07, 6.45) is 1.62. The minimum absolute atomic E-state index is 0.111. The van der Waals surface area contributed by atoms with E-state index in [0.29, 0.717) is 18.1 Å². The Bertz CT molecular complexity index is 425. The molecule has 1 aliphatic rings. The van der Waals surface area contributed by atoms with Crippen molar-refractivity contribution in [3.05, 3.63) is 24.2 Å². The van der Waals surface area contributed by atoms with Crippen molar-refractivity contribution < 1.29 is 9.21 Å². The predicted molar refractivity (Wildman–Crippen MR) is 72.1 cm³/mol. The average molecular weight is 267 g/mol. The highest BCUT2D eigenvalue weighted by Crippen LogP contribution is 2.23. The molecule has 18 heavy (non-hydrogen) atoms. The van der Waals surface area contributed by atoms with Crippen LogP contribution in [0.5, 0.6) is 0 Å². The van der Waals surface area contributed by atoms with E-state index in [-0.39, 0.29) is 11.9 Å². The highest BCUT2D eigenvalue weighted by molar-refractivity contribution is 7.80. The van der Waals surface area contributed by atoms with Crippen molar-refractivity contribution in [2.75, 3.05) is 26.2 Å². The Hall–Kier alpha value is -1.40. The maximum Gasteiger partial charge on any atom is 0.219 e. The number of nitrogens with two attached hydrogens (primary N) is 1. The van der Waals surface area contributed by atoms with Gasteiger partial charge in [0.25, 0.3) is 0 Å². The van der Waals surface area contributed by atoms with E-state index in [2.05, 4.69) is 4.90 Å². The zero-order valence-electron chi connectivity index (χ0n) is 10.3.